The van der Waals surface area contributed by atoms with Gasteiger partial charge in [-0.3, -0.25) is 19.2 Å². The maximum Gasteiger partial charge on any atom is 0.303 e. The Labute approximate surface area is 261 Å². The van der Waals surface area contributed by atoms with Gasteiger partial charge in [0.05, 0.1) is 6.04 Å². The molecule has 1 aromatic heterocycles. The van der Waals surface area contributed by atoms with Crippen molar-refractivity contribution in [3.05, 3.63) is 68.9 Å². The number of aliphatic carboxylic acids is 2. The molecule has 0 aliphatic carbocycles. The molecule has 234 valence electrons. The summed E-state index contributed by atoms with van der Waals surface area (Å²) < 4.78 is 0. The SMILES string of the molecule is C=CC1=C(C)[C@@H](CC2N/C(=C\c3[nH]c(/C=C4\NC(=O)[C@H](C)[C@H]4[C@H]4CS4)c(C)c3CCC(=O)O)C(CCC(=O)O)=C2C)NC1=O. The van der Waals surface area contributed by atoms with E-state index in [0.29, 0.717) is 30.1 Å². The molecule has 5 atom stereocenters. The summed E-state index contributed by atoms with van der Waals surface area (Å²) in [6.45, 7) is 11.6. The van der Waals surface area contributed by atoms with Gasteiger partial charge in [0.2, 0.25) is 5.91 Å². The second-order valence-corrected chi connectivity index (χ2v) is 13.4. The number of thioether (sulfide) groups is 1. The minimum absolute atomic E-state index is 0.0139. The highest BCUT2D eigenvalue weighted by atomic mass is 32.2. The molecule has 0 radical (unpaired) electrons. The van der Waals surface area contributed by atoms with Crippen molar-refractivity contribution < 1.29 is 29.4 Å². The van der Waals surface area contributed by atoms with E-state index in [2.05, 4.69) is 27.5 Å². The van der Waals surface area contributed by atoms with Gasteiger partial charge in [-0.1, -0.05) is 19.6 Å². The highest BCUT2D eigenvalue weighted by molar-refractivity contribution is 8.06. The third kappa shape index (κ3) is 6.29. The van der Waals surface area contributed by atoms with Gasteiger partial charge in [-0.2, -0.15) is 11.8 Å². The van der Waals surface area contributed by atoms with Crippen molar-refractivity contribution in [2.24, 2.45) is 11.8 Å². The summed E-state index contributed by atoms with van der Waals surface area (Å²) in [5.74, 6) is -0.900. The van der Waals surface area contributed by atoms with Crippen molar-refractivity contribution in [2.45, 2.75) is 77.1 Å². The summed E-state index contributed by atoms with van der Waals surface area (Å²) in [7, 11) is 0. The van der Waals surface area contributed by atoms with Gasteiger partial charge in [-0.25, -0.2) is 0 Å². The molecular formula is C33H40N4O6S. The average molecular weight is 621 g/mol. The zero-order chi connectivity index (χ0) is 31.9. The Bertz CT molecular complexity index is 1560. The van der Waals surface area contributed by atoms with Crippen LogP contribution in [-0.4, -0.2) is 62.0 Å². The first kappa shape index (κ1) is 31.4. The van der Waals surface area contributed by atoms with Crippen LogP contribution in [0.15, 0.2) is 46.3 Å². The minimum Gasteiger partial charge on any atom is -0.481 e. The van der Waals surface area contributed by atoms with Gasteiger partial charge in [0.1, 0.15) is 0 Å². The van der Waals surface area contributed by atoms with Crippen molar-refractivity contribution in [3.63, 3.8) is 0 Å². The van der Waals surface area contributed by atoms with Crippen molar-refractivity contribution in [1.29, 1.82) is 0 Å². The summed E-state index contributed by atoms with van der Waals surface area (Å²) in [6, 6.07) is -0.316. The van der Waals surface area contributed by atoms with E-state index in [0.717, 1.165) is 56.4 Å². The Balaban J connectivity index is 1.51. The molecule has 4 aliphatic rings. The van der Waals surface area contributed by atoms with E-state index in [1.54, 1.807) is 6.08 Å². The number of carbonyl (C=O) groups is 4. The predicted molar refractivity (Wildman–Crippen MR) is 170 cm³/mol. The van der Waals surface area contributed by atoms with Crippen molar-refractivity contribution in [2.75, 3.05) is 5.75 Å². The third-order valence-electron chi connectivity index (χ3n) is 9.38. The van der Waals surface area contributed by atoms with Gasteiger partial charge >= 0.3 is 11.9 Å². The zero-order valence-corrected chi connectivity index (χ0v) is 26.3. The van der Waals surface area contributed by atoms with Gasteiger partial charge in [0.15, 0.2) is 0 Å². The topological polar surface area (TPSA) is 161 Å². The molecule has 5 rings (SSSR count). The molecule has 5 heterocycles. The van der Waals surface area contributed by atoms with E-state index in [1.807, 2.05) is 51.6 Å². The number of aromatic nitrogens is 1. The smallest absolute Gasteiger partial charge is 0.303 e. The van der Waals surface area contributed by atoms with Crippen LogP contribution in [0, 0.1) is 18.8 Å². The second-order valence-electron chi connectivity index (χ2n) is 12.1. The standard InChI is InChI=1S/C33H40N4O6S/c1-6-19-15(2)24(36-33(19)43)11-22-16(3)20(7-9-29(38)39)25(34-22)13-26-21(8-10-30(40)41)17(4)23(35-26)12-27-31(28-14-44-28)18(5)32(42)37-27/h6,12-13,18,22,24,28,31,34-35H,1,7-11,14H2,2-5H3,(H,36,43)(H,37,42)(H,38,39)(H,40,41)/b25-13-,27-12-/t18-,22?,24-,28-,31-/m1/s1. The second kappa shape index (κ2) is 12.6. The summed E-state index contributed by atoms with van der Waals surface area (Å²) in [5, 5.41) is 29.0. The lowest BCUT2D eigenvalue weighted by Gasteiger charge is -2.20. The molecule has 10 nitrogen and oxygen atoms in total. The highest BCUT2D eigenvalue weighted by Gasteiger charge is 2.45. The zero-order valence-electron chi connectivity index (χ0n) is 25.5. The Morgan fingerprint density at radius 2 is 1.64 bits per heavy atom. The van der Waals surface area contributed by atoms with E-state index in [1.165, 1.54) is 0 Å². The molecular weight excluding hydrogens is 580 g/mol. The van der Waals surface area contributed by atoms with E-state index in [9.17, 15) is 29.4 Å². The molecule has 11 heteroatoms. The lowest BCUT2D eigenvalue weighted by molar-refractivity contribution is -0.138. The van der Waals surface area contributed by atoms with Crippen LogP contribution in [0.3, 0.4) is 0 Å². The molecule has 0 bridgehead atoms. The van der Waals surface area contributed by atoms with Crippen LogP contribution in [0.1, 0.15) is 69.0 Å². The minimum atomic E-state index is -0.898. The maximum absolute atomic E-state index is 12.6. The number of carboxylic acids is 2. The summed E-state index contributed by atoms with van der Waals surface area (Å²) >= 11 is 1.85. The molecule has 44 heavy (non-hydrogen) atoms. The number of carbonyl (C=O) groups excluding carboxylic acids is 2. The molecule has 2 amide bonds. The van der Waals surface area contributed by atoms with Crippen LogP contribution in [-0.2, 0) is 25.6 Å². The highest BCUT2D eigenvalue weighted by Crippen LogP contribution is 2.46. The normalized spacial score (nSPS) is 28.1. The van der Waals surface area contributed by atoms with Crippen molar-refractivity contribution in [3.8, 4) is 0 Å². The largest absolute Gasteiger partial charge is 0.481 e. The number of hydrogen-bond donors (Lipinski definition) is 6. The molecule has 4 aliphatic heterocycles. The van der Waals surface area contributed by atoms with E-state index < -0.39 is 11.9 Å². The average Bonchev–Trinajstić information content (AvgIpc) is 3.53. The number of allylic oxidation sites excluding steroid dienone is 2. The van der Waals surface area contributed by atoms with Crippen molar-refractivity contribution in [1.82, 2.24) is 20.9 Å². The number of aromatic amines is 1. The van der Waals surface area contributed by atoms with Gasteiger partial charge in [-0.05, 0) is 80.0 Å². The Morgan fingerprint density at radius 1 is 0.977 bits per heavy atom. The fraction of sp³-hybridized carbons (Fsp3) is 0.455. The van der Waals surface area contributed by atoms with Gasteiger partial charge in [0, 0.05) is 70.1 Å². The molecule has 6 N–H and O–H groups in total. The summed E-state index contributed by atoms with van der Waals surface area (Å²) in [6.07, 6.45) is 6.64. The summed E-state index contributed by atoms with van der Waals surface area (Å²) in [5.41, 5.74) is 8.39. The Kier molecular flexibility index (Phi) is 8.97. The molecule has 0 aromatic carbocycles. The number of carboxylic acid groups (broad SMARTS) is 2. The molecule has 0 spiro atoms. The molecule has 0 saturated carbocycles. The number of hydrogen-bond acceptors (Lipinski definition) is 6. The van der Waals surface area contributed by atoms with Gasteiger partial charge in [-0.15, -0.1) is 0 Å². The van der Waals surface area contributed by atoms with Crippen LogP contribution in [0.5, 0.6) is 0 Å². The molecule has 1 unspecified atom stereocenters. The van der Waals surface area contributed by atoms with Gasteiger partial charge < -0.3 is 31.1 Å². The number of rotatable bonds is 12. The number of nitrogens with one attached hydrogen (secondary N) is 4. The van der Waals surface area contributed by atoms with E-state index in [4.69, 9.17) is 0 Å². The molecule has 1 aromatic rings. The van der Waals surface area contributed by atoms with Crippen LogP contribution < -0.4 is 16.0 Å². The molecule has 2 fully saturated rings. The Morgan fingerprint density at radius 3 is 2.25 bits per heavy atom. The first-order valence-corrected chi connectivity index (χ1v) is 16.1. The maximum atomic E-state index is 12.6. The Hall–Kier alpha value is -3.99. The summed E-state index contributed by atoms with van der Waals surface area (Å²) in [4.78, 5) is 51.6. The lowest BCUT2D eigenvalue weighted by atomic mass is 9.91. The van der Waals surface area contributed by atoms with Crippen LogP contribution in [0.4, 0.5) is 0 Å². The van der Waals surface area contributed by atoms with Crippen molar-refractivity contribution >= 4 is 47.7 Å². The van der Waals surface area contributed by atoms with Gasteiger partial charge in [0.25, 0.3) is 5.91 Å². The third-order valence-corrected chi connectivity index (χ3v) is 10.4. The predicted octanol–water partition coefficient (Wildman–Crippen LogP) is 4.06. The first-order valence-electron chi connectivity index (χ1n) is 15.0. The van der Waals surface area contributed by atoms with Crippen LogP contribution in [0.25, 0.3) is 12.2 Å². The lowest BCUT2D eigenvalue weighted by Crippen LogP contribution is -2.36. The van der Waals surface area contributed by atoms with Crippen LogP contribution in [0.2, 0.25) is 0 Å². The number of H-pyrrole nitrogens is 1. The van der Waals surface area contributed by atoms with E-state index in [-0.39, 0.29) is 48.6 Å². The quantitative estimate of drug-likeness (QED) is 0.191. The monoisotopic (exact) mass is 620 g/mol. The number of amides is 2. The van der Waals surface area contributed by atoms with Crippen LogP contribution >= 0.6 is 11.8 Å². The molecule has 2 saturated heterocycles. The fourth-order valence-electron chi connectivity index (χ4n) is 6.66. The fourth-order valence-corrected chi connectivity index (χ4v) is 7.57. The first-order chi connectivity index (χ1) is 20.9. The van der Waals surface area contributed by atoms with E-state index >= 15 is 0 Å².